The number of alkyl halides is 3. The summed E-state index contributed by atoms with van der Waals surface area (Å²) >= 11 is 5.61. The first-order valence-corrected chi connectivity index (χ1v) is 10.6. The van der Waals surface area contributed by atoms with Crippen molar-refractivity contribution in [3.8, 4) is 0 Å². The summed E-state index contributed by atoms with van der Waals surface area (Å²) in [6, 6.07) is 6.53. The summed E-state index contributed by atoms with van der Waals surface area (Å²) in [4.78, 5) is 16.7. The molecule has 0 saturated carbocycles. The Morgan fingerprint density at radius 2 is 1.71 bits per heavy atom. The fourth-order valence-electron chi connectivity index (χ4n) is 2.87. The Morgan fingerprint density at radius 1 is 1.13 bits per heavy atom. The molecule has 0 spiro atoms. The molecule has 0 aliphatic heterocycles. The van der Waals surface area contributed by atoms with Gasteiger partial charge in [0, 0.05) is 52.2 Å². The maximum absolute atomic E-state index is 12.8. The van der Waals surface area contributed by atoms with Gasteiger partial charge >= 0.3 is 14.4 Å². The average molecular weight is 484 g/mol. The van der Waals surface area contributed by atoms with Crippen LogP contribution in [0, 0.1) is 0 Å². The molecule has 2 aromatic rings. The van der Waals surface area contributed by atoms with Crippen LogP contribution >= 0.6 is 19.9 Å². The van der Waals surface area contributed by atoms with Crippen LogP contribution in [0.25, 0.3) is 0 Å². The van der Waals surface area contributed by atoms with Gasteiger partial charge in [-0.1, -0.05) is 23.7 Å². The van der Waals surface area contributed by atoms with Crippen molar-refractivity contribution in [1.29, 1.82) is 0 Å². The Balaban J connectivity index is 2.27. The number of nitrogens with zero attached hydrogens (tertiary/aromatic N) is 2. The summed E-state index contributed by atoms with van der Waals surface area (Å²) in [5.74, 6) is -0.118. The molecule has 1 heterocycles. The number of halogens is 4. The van der Waals surface area contributed by atoms with Gasteiger partial charge in [-0.25, -0.2) is 9.97 Å². The Labute approximate surface area is 182 Å². The molecule has 0 amide bonds. The van der Waals surface area contributed by atoms with E-state index in [9.17, 15) is 22.6 Å². The predicted octanol–water partition coefficient (Wildman–Crippen LogP) is 4.56. The zero-order chi connectivity index (χ0) is 23.1. The van der Waals surface area contributed by atoms with Crippen LogP contribution in [0.3, 0.4) is 0 Å². The summed E-state index contributed by atoms with van der Waals surface area (Å²) in [6.07, 6.45) is -3.46. The molecule has 0 saturated heterocycles. The molecule has 1 atom stereocenters. The Morgan fingerprint density at radius 3 is 2.16 bits per heavy atom. The highest BCUT2D eigenvalue weighted by Crippen LogP contribution is 2.41. The van der Waals surface area contributed by atoms with Gasteiger partial charge in [0.15, 0.2) is 0 Å². The van der Waals surface area contributed by atoms with Crippen LogP contribution in [0.15, 0.2) is 30.5 Å². The normalized spacial score (nSPS) is 13.3. The molecule has 2 N–H and O–H groups in total. The van der Waals surface area contributed by atoms with E-state index in [0.717, 1.165) is 0 Å². The third kappa shape index (κ3) is 7.13. The molecule has 0 radical (unpaired) electrons. The molecule has 0 aliphatic rings. The van der Waals surface area contributed by atoms with Crippen molar-refractivity contribution in [3.05, 3.63) is 46.7 Å². The van der Waals surface area contributed by atoms with Crippen LogP contribution < -0.4 is 5.32 Å². The van der Waals surface area contributed by atoms with Gasteiger partial charge in [-0.05, 0) is 17.7 Å². The number of hydrogen-bond donors (Lipinski definition) is 2. The number of hydrogen-bond acceptors (Lipinski definition) is 7. The first-order chi connectivity index (χ1) is 14.6. The monoisotopic (exact) mass is 483 g/mol. The Hall–Kier alpha value is -1.75. The second-order valence-electron chi connectivity index (χ2n) is 6.45. The molecular weight excluding hydrogens is 462 g/mol. The van der Waals surface area contributed by atoms with Gasteiger partial charge in [-0.2, -0.15) is 13.2 Å². The molecule has 2 rings (SSSR count). The van der Waals surface area contributed by atoms with Crippen LogP contribution in [-0.4, -0.2) is 42.3 Å². The van der Waals surface area contributed by atoms with Gasteiger partial charge in [0.2, 0.25) is 5.95 Å². The average Bonchev–Trinajstić information content (AvgIpc) is 2.69. The number of benzene rings is 1. The predicted molar refractivity (Wildman–Crippen MR) is 109 cm³/mol. The number of anilines is 2. The highest BCUT2D eigenvalue weighted by atomic mass is 35.5. The molecule has 1 aromatic heterocycles. The lowest BCUT2D eigenvalue weighted by atomic mass is 9.87. The van der Waals surface area contributed by atoms with E-state index in [1.54, 1.807) is 24.3 Å². The van der Waals surface area contributed by atoms with Crippen LogP contribution in [0.2, 0.25) is 5.15 Å². The first-order valence-electron chi connectivity index (χ1n) is 8.98. The number of rotatable bonds is 11. The topological polar surface area (TPSA) is 103 Å². The van der Waals surface area contributed by atoms with E-state index < -0.39 is 30.7 Å². The summed E-state index contributed by atoms with van der Waals surface area (Å²) in [6.45, 7) is 0.549. The molecule has 172 valence electrons. The summed E-state index contributed by atoms with van der Waals surface area (Å²) in [5, 5.41) is 2.04. The maximum atomic E-state index is 12.8. The van der Waals surface area contributed by atoms with Crippen molar-refractivity contribution < 1.29 is 36.6 Å². The van der Waals surface area contributed by atoms with Gasteiger partial charge < -0.3 is 19.7 Å². The van der Waals surface area contributed by atoms with Crippen molar-refractivity contribution in [2.24, 2.45) is 0 Å². The lowest BCUT2D eigenvalue weighted by molar-refractivity contribution is -0.137. The van der Waals surface area contributed by atoms with Crippen molar-refractivity contribution in [3.63, 3.8) is 0 Å². The van der Waals surface area contributed by atoms with Crippen LogP contribution in [-0.2, 0) is 30.3 Å². The highest BCUT2D eigenvalue weighted by molar-refractivity contribution is 7.32. The largest absolute Gasteiger partial charge is 0.420 e. The summed E-state index contributed by atoms with van der Waals surface area (Å²) in [7, 11) is -0.269. The molecule has 1 aromatic carbocycles. The quantitative estimate of drug-likeness (QED) is 0.354. The fourth-order valence-corrected chi connectivity index (χ4v) is 3.77. The summed E-state index contributed by atoms with van der Waals surface area (Å²) < 4.78 is 65.5. The van der Waals surface area contributed by atoms with E-state index in [4.69, 9.17) is 25.6 Å². The van der Waals surface area contributed by atoms with Gasteiger partial charge in [-0.15, -0.1) is 0 Å². The first kappa shape index (κ1) is 25.5. The maximum Gasteiger partial charge on any atom is 0.420 e. The van der Waals surface area contributed by atoms with Crippen molar-refractivity contribution in [2.75, 3.05) is 32.8 Å². The van der Waals surface area contributed by atoms with E-state index in [1.165, 1.54) is 14.2 Å². The van der Waals surface area contributed by atoms with Crippen molar-refractivity contribution in [1.82, 2.24) is 9.97 Å². The molecule has 13 heteroatoms. The molecule has 31 heavy (non-hydrogen) atoms. The van der Waals surface area contributed by atoms with Crippen LogP contribution in [0.1, 0.15) is 24.0 Å². The van der Waals surface area contributed by atoms with Crippen molar-refractivity contribution in [2.45, 2.75) is 24.6 Å². The molecule has 8 nitrogen and oxygen atoms in total. The second-order valence-corrected chi connectivity index (χ2v) is 7.54. The minimum absolute atomic E-state index is 0.118. The Kier molecular flexibility index (Phi) is 9.23. The van der Waals surface area contributed by atoms with Gasteiger partial charge in [-0.3, -0.25) is 9.09 Å². The van der Waals surface area contributed by atoms with Crippen molar-refractivity contribution >= 4 is 31.5 Å². The number of ether oxygens (including phenoxy) is 2. The van der Waals surface area contributed by atoms with Gasteiger partial charge in [0.05, 0.1) is 0 Å². The van der Waals surface area contributed by atoms with Gasteiger partial charge in [0.25, 0.3) is 0 Å². The lowest BCUT2D eigenvalue weighted by Crippen LogP contribution is -2.31. The third-order valence-corrected chi connectivity index (χ3v) is 5.27. The highest BCUT2D eigenvalue weighted by Gasteiger charge is 2.36. The SMILES string of the molecule is COCCC(CCOC)(O[PH](=O)O)c1ccc(Nc2ncc(C(F)(F)F)c(Cl)n2)cc1. The molecular formula is C18H22ClF3N3O5P. The number of methoxy groups -OCH3 is 2. The smallest absolute Gasteiger partial charge is 0.385 e. The molecule has 0 aliphatic carbocycles. The summed E-state index contributed by atoms with van der Waals surface area (Å²) in [5.41, 5.74) is -1.19. The lowest BCUT2D eigenvalue weighted by Gasteiger charge is -2.33. The van der Waals surface area contributed by atoms with Crippen LogP contribution in [0.5, 0.6) is 0 Å². The van der Waals surface area contributed by atoms with Gasteiger partial charge in [0.1, 0.15) is 16.3 Å². The number of nitrogens with one attached hydrogen (secondary N) is 1. The standard InChI is InChI=1S/C18H22ClF3N3O5P/c1-28-9-7-17(8-10-29-2,30-31(26)27)12-3-5-13(6-4-12)24-16-23-11-14(15(19)25-16)18(20,21)22/h3-6,11,31H,7-10H2,1-2H3,(H,26,27)(H,23,24,25). The fraction of sp³-hybridized carbons (Fsp3) is 0.444. The zero-order valence-electron chi connectivity index (χ0n) is 16.7. The van der Waals surface area contributed by atoms with E-state index in [1.807, 2.05) is 0 Å². The van der Waals surface area contributed by atoms with Crippen LogP contribution in [0.4, 0.5) is 24.8 Å². The molecule has 1 unspecified atom stereocenters. The second kappa shape index (κ2) is 11.2. The van der Waals surface area contributed by atoms with E-state index in [2.05, 4.69) is 15.3 Å². The van der Waals surface area contributed by atoms with E-state index >= 15 is 0 Å². The van der Waals surface area contributed by atoms with E-state index in [-0.39, 0.29) is 19.2 Å². The zero-order valence-corrected chi connectivity index (χ0v) is 18.5. The minimum atomic E-state index is -4.65. The Bertz CT molecular complexity index is 879. The number of aromatic nitrogens is 2. The van der Waals surface area contributed by atoms with E-state index in [0.29, 0.717) is 30.3 Å². The third-order valence-electron chi connectivity index (χ3n) is 4.42. The molecule has 0 fully saturated rings. The minimum Gasteiger partial charge on any atom is -0.385 e. The molecule has 0 bridgehead atoms.